The van der Waals surface area contributed by atoms with Crippen molar-refractivity contribution in [3.8, 4) is 0 Å². The van der Waals surface area contributed by atoms with Gasteiger partial charge in [-0.25, -0.2) is 0 Å². The molecule has 1 aromatic carbocycles. The van der Waals surface area contributed by atoms with Crippen LogP contribution >= 0.6 is 12.4 Å². The van der Waals surface area contributed by atoms with E-state index in [1.54, 1.807) is 0 Å². The number of rotatable bonds is 2. The Hall–Kier alpha value is -1.06. The van der Waals surface area contributed by atoms with Gasteiger partial charge in [0.05, 0.1) is 7.11 Å². The molecule has 0 aromatic heterocycles. The number of carbonyl (C=O) groups is 1. The van der Waals surface area contributed by atoms with Gasteiger partial charge >= 0.3 is 5.97 Å². The predicted octanol–water partition coefficient (Wildman–Crippen LogP) is 2.04. The molecule has 2 rings (SSSR count). The highest BCUT2D eigenvalue weighted by atomic mass is 35.5. The molecule has 1 N–H and O–H groups in total. The minimum absolute atomic E-state index is 0. The van der Waals surface area contributed by atoms with Crippen LogP contribution in [0.1, 0.15) is 23.5 Å². The van der Waals surface area contributed by atoms with Crippen LogP contribution in [0.2, 0.25) is 0 Å². The maximum absolute atomic E-state index is 11.4. The molecule has 0 bridgehead atoms. The van der Waals surface area contributed by atoms with Gasteiger partial charge in [-0.1, -0.05) is 24.3 Å². The predicted molar refractivity (Wildman–Crippen MR) is 69.6 cm³/mol. The van der Waals surface area contributed by atoms with Gasteiger partial charge in [0.1, 0.15) is 6.04 Å². The lowest BCUT2D eigenvalue weighted by Crippen LogP contribution is -2.31. The van der Waals surface area contributed by atoms with Gasteiger partial charge in [-0.3, -0.25) is 4.79 Å². The van der Waals surface area contributed by atoms with Crippen molar-refractivity contribution in [3.63, 3.8) is 0 Å². The lowest BCUT2D eigenvalue weighted by atomic mass is 9.93. The van der Waals surface area contributed by atoms with E-state index in [-0.39, 0.29) is 24.4 Å². The van der Waals surface area contributed by atoms with Crippen LogP contribution in [0.15, 0.2) is 24.3 Å². The number of hydrogen-bond acceptors (Lipinski definition) is 3. The number of methoxy groups -OCH3 is 1. The zero-order valence-corrected chi connectivity index (χ0v) is 10.9. The van der Waals surface area contributed by atoms with E-state index in [4.69, 9.17) is 4.74 Å². The molecule has 17 heavy (non-hydrogen) atoms. The fraction of sp³-hybridized carbons (Fsp3) is 0.462. The van der Waals surface area contributed by atoms with Crippen molar-refractivity contribution < 1.29 is 9.53 Å². The van der Waals surface area contributed by atoms with Gasteiger partial charge in [-0.05, 0) is 30.4 Å². The molecule has 0 saturated carbocycles. The first kappa shape index (κ1) is 14.0. The van der Waals surface area contributed by atoms with Gasteiger partial charge in [0.25, 0.3) is 0 Å². The molecule has 2 atom stereocenters. The van der Waals surface area contributed by atoms with Crippen molar-refractivity contribution in [2.24, 2.45) is 0 Å². The molecule has 0 radical (unpaired) electrons. The fourth-order valence-corrected chi connectivity index (χ4v) is 2.34. The topological polar surface area (TPSA) is 38.3 Å². The summed E-state index contributed by atoms with van der Waals surface area (Å²) in [4.78, 5) is 11.4. The van der Waals surface area contributed by atoms with Gasteiger partial charge in [0.2, 0.25) is 0 Å². The lowest BCUT2D eigenvalue weighted by Gasteiger charge is -2.12. The molecule has 1 unspecified atom stereocenters. The number of hydrogen-bond donors (Lipinski definition) is 1. The molecule has 1 aromatic rings. The van der Waals surface area contributed by atoms with Crippen molar-refractivity contribution in [1.82, 2.24) is 5.32 Å². The van der Waals surface area contributed by atoms with Crippen LogP contribution in [0.4, 0.5) is 0 Å². The molecule has 1 heterocycles. The zero-order chi connectivity index (χ0) is 11.5. The van der Waals surface area contributed by atoms with E-state index in [0.29, 0.717) is 5.92 Å². The third kappa shape index (κ3) is 2.99. The first-order valence-electron chi connectivity index (χ1n) is 5.59. The van der Waals surface area contributed by atoms with E-state index >= 15 is 0 Å². The normalized spacial score (nSPS) is 22.9. The number of esters is 1. The monoisotopic (exact) mass is 255 g/mol. The summed E-state index contributed by atoms with van der Waals surface area (Å²) in [5.74, 6) is 0.265. The first-order valence-corrected chi connectivity index (χ1v) is 5.59. The Morgan fingerprint density at radius 2 is 2.12 bits per heavy atom. The zero-order valence-electron chi connectivity index (χ0n) is 10.1. The van der Waals surface area contributed by atoms with Crippen LogP contribution in [-0.2, 0) is 9.53 Å². The summed E-state index contributed by atoms with van der Waals surface area (Å²) in [6.07, 6.45) is 0.831. The maximum atomic E-state index is 11.4. The Balaban J connectivity index is 0.00000144. The van der Waals surface area contributed by atoms with E-state index in [0.717, 1.165) is 13.0 Å². The number of carbonyl (C=O) groups excluding carboxylic acids is 1. The number of nitrogens with one attached hydrogen (secondary N) is 1. The second-order valence-electron chi connectivity index (χ2n) is 4.27. The summed E-state index contributed by atoms with van der Waals surface area (Å²) in [5.41, 5.74) is 2.63. The van der Waals surface area contributed by atoms with Gasteiger partial charge in [0, 0.05) is 6.54 Å². The fourth-order valence-electron chi connectivity index (χ4n) is 2.34. The van der Waals surface area contributed by atoms with Gasteiger partial charge < -0.3 is 10.1 Å². The smallest absolute Gasteiger partial charge is 0.322 e. The highest BCUT2D eigenvalue weighted by Crippen LogP contribution is 2.28. The standard InChI is InChI=1S/C13H17NO2.ClH/c1-9-5-3-4-6-11(9)10-7-12(14-8-10)13(15)16-2;/h3-6,10,12,14H,7-8H2,1-2H3;1H/t10?,12-;/m0./s1. The van der Waals surface area contributed by atoms with E-state index in [9.17, 15) is 4.79 Å². The molecule has 0 spiro atoms. The number of ether oxygens (including phenoxy) is 1. The molecule has 0 aliphatic carbocycles. The molecular formula is C13H18ClNO2. The van der Waals surface area contributed by atoms with Crippen LogP contribution < -0.4 is 5.32 Å². The Morgan fingerprint density at radius 1 is 1.41 bits per heavy atom. The minimum Gasteiger partial charge on any atom is -0.468 e. The molecule has 3 nitrogen and oxygen atoms in total. The summed E-state index contributed by atoms with van der Waals surface area (Å²) in [5, 5.41) is 3.21. The number of aryl methyl sites for hydroxylation is 1. The second-order valence-corrected chi connectivity index (χ2v) is 4.27. The summed E-state index contributed by atoms with van der Waals surface area (Å²) < 4.78 is 4.75. The molecule has 94 valence electrons. The summed E-state index contributed by atoms with van der Waals surface area (Å²) >= 11 is 0. The van der Waals surface area contributed by atoms with E-state index < -0.39 is 0 Å². The maximum Gasteiger partial charge on any atom is 0.322 e. The van der Waals surface area contributed by atoms with Gasteiger partial charge in [0.15, 0.2) is 0 Å². The van der Waals surface area contributed by atoms with E-state index in [2.05, 4.69) is 24.4 Å². The minimum atomic E-state index is -0.156. The molecule has 1 saturated heterocycles. The summed E-state index contributed by atoms with van der Waals surface area (Å²) in [7, 11) is 1.44. The molecule has 1 aliphatic heterocycles. The van der Waals surface area contributed by atoms with E-state index in [1.807, 2.05) is 12.1 Å². The Bertz CT molecular complexity index is 395. The van der Waals surface area contributed by atoms with Crippen LogP contribution in [0, 0.1) is 6.92 Å². The molecular weight excluding hydrogens is 238 g/mol. The highest BCUT2D eigenvalue weighted by Gasteiger charge is 2.31. The van der Waals surface area contributed by atoms with Crippen LogP contribution in [0.3, 0.4) is 0 Å². The Labute approximate surface area is 108 Å². The Kier molecular flexibility index (Phi) is 4.97. The molecule has 0 amide bonds. The first-order chi connectivity index (χ1) is 7.72. The molecule has 1 fully saturated rings. The van der Waals surface area contributed by atoms with Crippen LogP contribution in [0.5, 0.6) is 0 Å². The summed E-state index contributed by atoms with van der Waals surface area (Å²) in [6, 6.07) is 8.20. The van der Waals surface area contributed by atoms with Crippen molar-refractivity contribution in [1.29, 1.82) is 0 Å². The largest absolute Gasteiger partial charge is 0.468 e. The van der Waals surface area contributed by atoms with Gasteiger partial charge in [-0.2, -0.15) is 0 Å². The SMILES string of the molecule is COC(=O)[C@@H]1CC(c2ccccc2C)CN1.Cl. The number of halogens is 1. The van der Waals surface area contributed by atoms with Crippen molar-refractivity contribution in [2.75, 3.05) is 13.7 Å². The quantitative estimate of drug-likeness (QED) is 0.822. The third-order valence-corrected chi connectivity index (χ3v) is 3.24. The molecule has 1 aliphatic rings. The van der Waals surface area contributed by atoms with Crippen LogP contribution in [0.25, 0.3) is 0 Å². The number of benzene rings is 1. The van der Waals surface area contributed by atoms with Crippen molar-refractivity contribution in [2.45, 2.75) is 25.3 Å². The molecule has 4 heteroatoms. The average molecular weight is 256 g/mol. The highest BCUT2D eigenvalue weighted by molar-refractivity contribution is 5.85. The average Bonchev–Trinajstić information content (AvgIpc) is 2.78. The second kappa shape index (κ2) is 6.03. The lowest BCUT2D eigenvalue weighted by molar-refractivity contribution is -0.142. The Morgan fingerprint density at radius 3 is 2.76 bits per heavy atom. The van der Waals surface area contributed by atoms with Crippen molar-refractivity contribution >= 4 is 18.4 Å². The van der Waals surface area contributed by atoms with E-state index in [1.165, 1.54) is 18.2 Å². The third-order valence-electron chi connectivity index (χ3n) is 3.24. The van der Waals surface area contributed by atoms with Crippen LogP contribution in [-0.4, -0.2) is 25.7 Å². The summed E-state index contributed by atoms with van der Waals surface area (Å²) in [6.45, 7) is 2.96. The van der Waals surface area contributed by atoms with Crippen molar-refractivity contribution in [3.05, 3.63) is 35.4 Å². The van der Waals surface area contributed by atoms with Gasteiger partial charge in [-0.15, -0.1) is 12.4 Å².